The summed E-state index contributed by atoms with van der Waals surface area (Å²) in [6, 6.07) is 0. The number of alkyl halides is 1. The van der Waals surface area contributed by atoms with Crippen molar-refractivity contribution in [2.75, 3.05) is 20.8 Å². The molecule has 1 spiro atoms. The Hall–Kier alpha value is -0.960. The molecule has 3 fully saturated rings. The molecular formula is C21H36FNO6. The molecule has 29 heavy (non-hydrogen) atoms. The number of hydrogen-bond donors (Lipinski definition) is 0. The first-order chi connectivity index (χ1) is 13.1. The molecule has 0 radical (unpaired) electrons. The highest BCUT2D eigenvalue weighted by molar-refractivity contribution is 5.70. The fourth-order valence-corrected chi connectivity index (χ4v) is 4.94. The molecule has 1 unspecified atom stereocenters. The molecule has 1 saturated carbocycles. The smallest absolute Gasteiger partial charge is 0.410 e. The first-order valence-electron chi connectivity index (χ1n) is 10.3. The number of halogens is 1. The molecule has 3 rings (SSSR count). The molecule has 7 nitrogen and oxygen atoms in total. The van der Waals surface area contributed by atoms with Gasteiger partial charge in [0.1, 0.15) is 17.4 Å². The maximum Gasteiger partial charge on any atom is 0.410 e. The third kappa shape index (κ3) is 3.66. The largest absolute Gasteiger partial charge is 0.444 e. The molecule has 2 saturated heterocycles. The zero-order valence-electron chi connectivity index (χ0n) is 19.1. The number of hydrogen-bond acceptors (Lipinski definition) is 6. The molecule has 2 heterocycles. The third-order valence-corrected chi connectivity index (χ3v) is 6.63. The van der Waals surface area contributed by atoms with Crippen LogP contribution < -0.4 is 0 Å². The summed E-state index contributed by atoms with van der Waals surface area (Å²) in [6.45, 7) is 12.2. The maximum atomic E-state index is 15.6. The van der Waals surface area contributed by atoms with E-state index in [1.807, 2.05) is 20.8 Å². The summed E-state index contributed by atoms with van der Waals surface area (Å²) < 4.78 is 45.2. The van der Waals surface area contributed by atoms with Gasteiger partial charge in [0, 0.05) is 20.1 Å². The molecule has 0 aromatic carbocycles. The van der Waals surface area contributed by atoms with Crippen molar-refractivity contribution in [3.05, 3.63) is 0 Å². The molecule has 0 aromatic rings. The van der Waals surface area contributed by atoms with Crippen molar-refractivity contribution in [1.82, 2.24) is 4.90 Å². The molecule has 0 N–H and O–H groups in total. The molecule has 8 heteroatoms. The van der Waals surface area contributed by atoms with Crippen LogP contribution >= 0.6 is 0 Å². The average Bonchev–Trinajstić information content (AvgIpc) is 3.33. The molecule has 2 aliphatic heterocycles. The van der Waals surface area contributed by atoms with Gasteiger partial charge < -0.3 is 23.7 Å². The van der Waals surface area contributed by atoms with Gasteiger partial charge in [-0.05, 0) is 61.3 Å². The minimum atomic E-state index is -1.61. The molecular weight excluding hydrogens is 381 g/mol. The Kier molecular flexibility index (Phi) is 5.30. The van der Waals surface area contributed by atoms with Gasteiger partial charge in [-0.3, -0.25) is 4.90 Å². The van der Waals surface area contributed by atoms with Crippen LogP contribution in [0, 0.1) is 5.92 Å². The van der Waals surface area contributed by atoms with E-state index in [-0.39, 0.29) is 6.54 Å². The topological polar surface area (TPSA) is 66.5 Å². The fraction of sp³-hybridized carbons (Fsp3) is 0.952. The number of carbonyl (C=O) groups is 1. The Balaban J connectivity index is 2.01. The van der Waals surface area contributed by atoms with Crippen LogP contribution in [-0.4, -0.2) is 72.3 Å². The Bertz CT molecular complexity index is 655. The molecule has 0 aromatic heterocycles. The van der Waals surface area contributed by atoms with E-state index < -0.39 is 52.6 Å². The number of rotatable bonds is 3. The number of nitrogens with zero attached hydrogens (tertiary/aromatic N) is 1. The third-order valence-electron chi connectivity index (χ3n) is 6.63. The molecule has 1 amide bonds. The second kappa shape index (κ2) is 6.77. The number of amides is 1. The van der Waals surface area contributed by atoms with E-state index in [2.05, 4.69) is 0 Å². The number of ether oxygens (including phenoxy) is 5. The lowest BCUT2D eigenvalue weighted by atomic mass is 9.73. The Morgan fingerprint density at radius 1 is 1.03 bits per heavy atom. The zero-order chi connectivity index (χ0) is 22.0. The molecule has 1 aliphatic carbocycles. The summed E-state index contributed by atoms with van der Waals surface area (Å²) in [5, 5.41) is 0. The van der Waals surface area contributed by atoms with Crippen molar-refractivity contribution in [2.45, 2.75) is 102 Å². The highest BCUT2D eigenvalue weighted by atomic mass is 19.1. The Morgan fingerprint density at radius 2 is 1.55 bits per heavy atom. The second-order valence-corrected chi connectivity index (χ2v) is 10.3. The predicted octanol–water partition coefficient (Wildman–Crippen LogP) is 3.64. The first-order valence-corrected chi connectivity index (χ1v) is 10.3. The van der Waals surface area contributed by atoms with E-state index in [4.69, 9.17) is 23.7 Å². The standard InChI is InChI=1S/C21H36FNO6/c1-17(2,3)29-16(24)23-12-13-14(15(18(4,5)22)21(23)10-11-21)28-20(7,26-9)19(6,25-8)27-13/h13-15H,10-12H2,1-9H3/t13-,14+,15+,19+,20?/m1/s1. The number of carbonyl (C=O) groups excluding carboxylic acids is 1. The van der Waals surface area contributed by atoms with E-state index >= 15 is 4.39 Å². The van der Waals surface area contributed by atoms with Crippen molar-refractivity contribution in [2.24, 2.45) is 5.92 Å². The lowest BCUT2D eigenvalue weighted by Crippen LogP contribution is -2.74. The average molecular weight is 418 g/mol. The molecule has 168 valence electrons. The summed E-state index contributed by atoms with van der Waals surface area (Å²) >= 11 is 0. The van der Waals surface area contributed by atoms with E-state index in [0.29, 0.717) is 12.8 Å². The van der Waals surface area contributed by atoms with Gasteiger partial charge in [0.05, 0.1) is 18.2 Å². The van der Waals surface area contributed by atoms with Gasteiger partial charge >= 0.3 is 6.09 Å². The molecule has 5 atom stereocenters. The summed E-state index contributed by atoms with van der Waals surface area (Å²) in [6.07, 6.45) is -0.235. The van der Waals surface area contributed by atoms with Crippen LogP contribution in [0.15, 0.2) is 0 Å². The summed E-state index contributed by atoms with van der Waals surface area (Å²) in [5.41, 5.74) is -2.91. The van der Waals surface area contributed by atoms with Gasteiger partial charge in [0.2, 0.25) is 11.6 Å². The summed E-state index contributed by atoms with van der Waals surface area (Å²) in [4.78, 5) is 14.7. The van der Waals surface area contributed by atoms with Crippen LogP contribution in [0.1, 0.15) is 61.3 Å². The second-order valence-electron chi connectivity index (χ2n) is 10.3. The van der Waals surface area contributed by atoms with Crippen molar-refractivity contribution in [1.29, 1.82) is 0 Å². The van der Waals surface area contributed by atoms with Crippen LogP contribution in [0.25, 0.3) is 0 Å². The fourth-order valence-electron chi connectivity index (χ4n) is 4.94. The van der Waals surface area contributed by atoms with Crippen molar-refractivity contribution >= 4 is 6.09 Å². The van der Waals surface area contributed by atoms with Gasteiger partial charge in [-0.25, -0.2) is 9.18 Å². The van der Waals surface area contributed by atoms with Crippen molar-refractivity contribution < 1.29 is 32.9 Å². The van der Waals surface area contributed by atoms with Gasteiger partial charge in [-0.2, -0.15) is 0 Å². The number of piperidine rings is 1. The van der Waals surface area contributed by atoms with Crippen LogP contribution in [0.3, 0.4) is 0 Å². The van der Waals surface area contributed by atoms with Crippen molar-refractivity contribution in [3.8, 4) is 0 Å². The van der Waals surface area contributed by atoms with Crippen LogP contribution in [0.5, 0.6) is 0 Å². The number of likely N-dealkylation sites (tertiary alicyclic amines) is 1. The van der Waals surface area contributed by atoms with Gasteiger partial charge in [0.15, 0.2) is 0 Å². The van der Waals surface area contributed by atoms with Gasteiger partial charge in [-0.15, -0.1) is 0 Å². The van der Waals surface area contributed by atoms with Gasteiger partial charge in [0.25, 0.3) is 0 Å². The van der Waals surface area contributed by atoms with Crippen LogP contribution in [0.2, 0.25) is 0 Å². The van der Waals surface area contributed by atoms with Crippen LogP contribution in [-0.2, 0) is 23.7 Å². The summed E-state index contributed by atoms with van der Waals surface area (Å²) in [5.74, 6) is -3.05. The van der Waals surface area contributed by atoms with Crippen LogP contribution in [0.4, 0.5) is 9.18 Å². The van der Waals surface area contributed by atoms with Crippen molar-refractivity contribution in [3.63, 3.8) is 0 Å². The molecule has 0 bridgehead atoms. The highest BCUT2D eigenvalue weighted by Crippen LogP contribution is 2.59. The SMILES string of the molecule is COC1(C)O[C@H]2[C@@H](CN(C(=O)OC(C)(C)C)C3(CC3)[C@@H]2C(C)(C)F)O[C@]1(C)OC. The number of methoxy groups -OCH3 is 2. The van der Waals surface area contributed by atoms with E-state index in [0.717, 1.165) is 0 Å². The highest BCUT2D eigenvalue weighted by Gasteiger charge is 2.71. The van der Waals surface area contributed by atoms with Gasteiger partial charge in [-0.1, -0.05) is 0 Å². The Labute approximate surface area is 173 Å². The lowest BCUT2D eigenvalue weighted by molar-refractivity contribution is -0.461. The molecule has 3 aliphatic rings. The maximum absolute atomic E-state index is 15.6. The van der Waals surface area contributed by atoms with E-state index in [9.17, 15) is 4.79 Å². The quantitative estimate of drug-likeness (QED) is 0.698. The monoisotopic (exact) mass is 417 g/mol. The zero-order valence-corrected chi connectivity index (χ0v) is 19.1. The predicted molar refractivity (Wildman–Crippen MR) is 104 cm³/mol. The Morgan fingerprint density at radius 3 is 1.97 bits per heavy atom. The minimum Gasteiger partial charge on any atom is -0.444 e. The number of fused-ring (bicyclic) bond motifs is 1. The normalized spacial score (nSPS) is 39.2. The van der Waals surface area contributed by atoms with E-state index in [1.54, 1.807) is 18.7 Å². The first kappa shape index (κ1) is 22.7. The summed E-state index contributed by atoms with van der Waals surface area (Å²) in [7, 11) is 3.02. The van der Waals surface area contributed by atoms with E-state index in [1.165, 1.54) is 28.1 Å². The minimum absolute atomic E-state index is 0.241. The lowest BCUT2D eigenvalue weighted by Gasteiger charge is -2.60.